The van der Waals surface area contributed by atoms with Gasteiger partial charge in [0.1, 0.15) is 0 Å². The lowest BCUT2D eigenvalue weighted by Crippen LogP contribution is -2.43. The number of ketones is 1. The summed E-state index contributed by atoms with van der Waals surface area (Å²) in [6.07, 6.45) is 4.21. The fraction of sp³-hybridized carbons (Fsp3) is 0.500. The highest BCUT2D eigenvalue weighted by molar-refractivity contribution is 7.90. The molecule has 0 spiro atoms. The van der Waals surface area contributed by atoms with Crippen molar-refractivity contribution >= 4 is 21.3 Å². The van der Waals surface area contributed by atoms with E-state index in [0.29, 0.717) is 4.90 Å². The smallest absolute Gasteiger partial charge is 0.175 e. The number of benzene rings is 1. The van der Waals surface area contributed by atoms with Gasteiger partial charge in [0, 0.05) is 18.5 Å². The first-order chi connectivity index (χ1) is 8.89. The van der Waals surface area contributed by atoms with E-state index in [1.54, 1.807) is 31.2 Å². The molecule has 0 radical (unpaired) electrons. The number of rotatable bonds is 3. The number of sulfone groups is 1. The van der Waals surface area contributed by atoms with E-state index in [9.17, 15) is 13.2 Å². The average Bonchev–Trinajstić information content (AvgIpc) is 2.38. The topological polar surface area (TPSA) is 54.5 Å². The van der Waals surface area contributed by atoms with Gasteiger partial charge in [0.05, 0.1) is 10.9 Å². The highest BCUT2D eigenvalue weighted by Gasteiger charge is 2.26. The van der Waals surface area contributed by atoms with Crippen molar-refractivity contribution in [3.05, 3.63) is 24.3 Å². The third kappa shape index (κ3) is 3.15. The van der Waals surface area contributed by atoms with Crippen molar-refractivity contribution in [1.29, 1.82) is 0 Å². The maximum absolute atomic E-state index is 11.7. The molecule has 0 aliphatic carbocycles. The third-order valence-electron chi connectivity index (χ3n) is 3.57. The summed E-state index contributed by atoms with van der Waals surface area (Å²) in [5.74, 6) is 0.173. The second-order valence-electron chi connectivity index (χ2n) is 5.08. The van der Waals surface area contributed by atoms with Crippen LogP contribution in [-0.2, 0) is 14.6 Å². The molecule has 19 heavy (non-hydrogen) atoms. The van der Waals surface area contributed by atoms with Crippen LogP contribution in [0.15, 0.2) is 29.2 Å². The first kappa shape index (κ1) is 14.1. The lowest BCUT2D eigenvalue weighted by molar-refractivity contribution is -0.118. The minimum atomic E-state index is -3.17. The summed E-state index contributed by atoms with van der Waals surface area (Å²) in [6.45, 7) is 2.47. The van der Waals surface area contributed by atoms with Crippen LogP contribution in [0.4, 0.5) is 5.69 Å². The Morgan fingerprint density at radius 3 is 2.37 bits per heavy atom. The van der Waals surface area contributed by atoms with E-state index in [1.165, 1.54) is 6.26 Å². The Kier molecular flexibility index (Phi) is 3.94. The van der Waals surface area contributed by atoms with Gasteiger partial charge in [-0.25, -0.2) is 8.42 Å². The maximum atomic E-state index is 11.7. The van der Waals surface area contributed by atoms with Crippen molar-refractivity contribution in [2.45, 2.75) is 37.1 Å². The summed E-state index contributed by atoms with van der Waals surface area (Å²) in [7, 11) is -3.17. The van der Waals surface area contributed by atoms with E-state index >= 15 is 0 Å². The molecule has 0 amide bonds. The average molecular weight is 281 g/mol. The summed E-state index contributed by atoms with van der Waals surface area (Å²) < 4.78 is 22.9. The molecule has 0 N–H and O–H groups in total. The van der Waals surface area contributed by atoms with Crippen LogP contribution in [0, 0.1) is 0 Å². The first-order valence-electron chi connectivity index (χ1n) is 6.47. The van der Waals surface area contributed by atoms with Gasteiger partial charge in [-0.3, -0.25) is 4.79 Å². The Morgan fingerprint density at radius 1 is 1.21 bits per heavy atom. The predicted molar refractivity (Wildman–Crippen MR) is 75.2 cm³/mol. The molecule has 0 bridgehead atoms. The van der Waals surface area contributed by atoms with E-state index in [-0.39, 0.29) is 11.8 Å². The molecule has 104 valence electrons. The molecule has 0 aromatic heterocycles. The number of nitrogens with zero attached hydrogens (tertiary/aromatic N) is 1. The van der Waals surface area contributed by atoms with E-state index < -0.39 is 9.84 Å². The van der Waals surface area contributed by atoms with Gasteiger partial charge >= 0.3 is 0 Å². The van der Waals surface area contributed by atoms with Crippen LogP contribution in [0.3, 0.4) is 0 Å². The van der Waals surface area contributed by atoms with Crippen molar-refractivity contribution in [1.82, 2.24) is 0 Å². The van der Waals surface area contributed by atoms with Crippen molar-refractivity contribution in [3.8, 4) is 0 Å². The number of carbonyl (C=O) groups excluding carboxylic acids is 1. The van der Waals surface area contributed by atoms with Gasteiger partial charge in [0.25, 0.3) is 0 Å². The molecule has 4 nitrogen and oxygen atoms in total. The molecule has 1 atom stereocenters. The van der Waals surface area contributed by atoms with Crippen LogP contribution in [0.2, 0.25) is 0 Å². The third-order valence-corrected chi connectivity index (χ3v) is 4.70. The molecule has 0 saturated carbocycles. The van der Waals surface area contributed by atoms with Gasteiger partial charge in [-0.05, 0) is 50.5 Å². The number of piperidine rings is 1. The van der Waals surface area contributed by atoms with Crippen LogP contribution in [0.25, 0.3) is 0 Å². The van der Waals surface area contributed by atoms with Gasteiger partial charge in [-0.2, -0.15) is 0 Å². The summed E-state index contributed by atoms with van der Waals surface area (Å²) in [5.41, 5.74) is 0.923. The number of carbonyl (C=O) groups is 1. The second kappa shape index (κ2) is 5.33. The number of anilines is 1. The molecule has 1 aliphatic heterocycles. The van der Waals surface area contributed by atoms with Gasteiger partial charge in [-0.15, -0.1) is 0 Å². The van der Waals surface area contributed by atoms with Crippen LogP contribution >= 0.6 is 0 Å². The Balaban J connectivity index is 2.28. The lowest BCUT2D eigenvalue weighted by Gasteiger charge is -2.36. The zero-order chi connectivity index (χ0) is 14.0. The number of hydrogen-bond donors (Lipinski definition) is 0. The SMILES string of the molecule is CC(=O)C1CCCCN1c1ccc(S(C)(=O)=O)cc1. The lowest BCUT2D eigenvalue weighted by atomic mass is 9.98. The van der Waals surface area contributed by atoms with E-state index in [0.717, 1.165) is 31.5 Å². The number of hydrogen-bond acceptors (Lipinski definition) is 4. The molecular formula is C14H19NO3S. The minimum Gasteiger partial charge on any atom is -0.362 e. The van der Waals surface area contributed by atoms with Crippen molar-refractivity contribution in [2.75, 3.05) is 17.7 Å². The molecule has 1 aliphatic rings. The molecule has 1 heterocycles. The van der Waals surface area contributed by atoms with Crippen molar-refractivity contribution < 1.29 is 13.2 Å². The van der Waals surface area contributed by atoms with Crippen LogP contribution in [-0.4, -0.2) is 33.0 Å². The Labute approximate surface area is 114 Å². The maximum Gasteiger partial charge on any atom is 0.175 e. The van der Waals surface area contributed by atoms with Gasteiger partial charge < -0.3 is 4.90 Å². The molecule has 1 fully saturated rings. The molecule has 5 heteroatoms. The first-order valence-corrected chi connectivity index (χ1v) is 8.36. The summed E-state index contributed by atoms with van der Waals surface area (Å²) in [6, 6.07) is 6.72. The Hall–Kier alpha value is -1.36. The fourth-order valence-corrected chi connectivity index (χ4v) is 3.18. The fourth-order valence-electron chi connectivity index (χ4n) is 2.55. The summed E-state index contributed by atoms with van der Waals surface area (Å²) in [5, 5.41) is 0. The molecule has 1 unspecified atom stereocenters. The van der Waals surface area contributed by atoms with Crippen LogP contribution in [0.1, 0.15) is 26.2 Å². The zero-order valence-electron chi connectivity index (χ0n) is 11.3. The standard InChI is InChI=1S/C14H19NO3S/c1-11(16)14-5-3-4-10-15(14)12-6-8-13(9-7-12)19(2,17)18/h6-9,14H,3-5,10H2,1-2H3. The molecule has 2 rings (SSSR count). The largest absolute Gasteiger partial charge is 0.362 e. The van der Waals surface area contributed by atoms with Crippen LogP contribution in [0.5, 0.6) is 0 Å². The zero-order valence-corrected chi connectivity index (χ0v) is 12.1. The van der Waals surface area contributed by atoms with E-state index in [4.69, 9.17) is 0 Å². The monoisotopic (exact) mass is 281 g/mol. The minimum absolute atomic E-state index is 0.0715. The second-order valence-corrected chi connectivity index (χ2v) is 7.10. The molecule has 1 aromatic carbocycles. The molecular weight excluding hydrogens is 262 g/mol. The van der Waals surface area contributed by atoms with E-state index in [2.05, 4.69) is 4.90 Å². The van der Waals surface area contributed by atoms with Crippen molar-refractivity contribution in [3.63, 3.8) is 0 Å². The van der Waals surface area contributed by atoms with Gasteiger partial charge in [0.15, 0.2) is 15.6 Å². The van der Waals surface area contributed by atoms with Crippen LogP contribution < -0.4 is 4.90 Å². The quantitative estimate of drug-likeness (QED) is 0.850. The summed E-state index contributed by atoms with van der Waals surface area (Å²) in [4.78, 5) is 14.1. The highest BCUT2D eigenvalue weighted by atomic mass is 32.2. The Bertz CT molecular complexity index is 563. The Morgan fingerprint density at radius 2 is 1.84 bits per heavy atom. The van der Waals surface area contributed by atoms with Crippen molar-refractivity contribution in [2.24, 2.45) is 0 Å². The number of Topliss-reactive ketones (excluding diaryl/α,β-unsaturated/α-hetero) is 1. The van der Waals surface area contributed by atoms with Gasteiger partial charge in [-0.1, -0.05) is 0 Å². The predicted octanol–water partition coefficient (Wildman–Crippen LogP) is 2.04. The normalized spacial score (nSPS) is 20.3. The van der Waals surface area contributed by atoms with Gasteiger partial charge in [0.2, 0.25) is 0 Å². The summed E-state index contributed by atoms with van der Waals surface area (Å²) >= 11 is 0. The molecule has 1 saturated heterocycles. The molecule has 1 aromatic rings. The highest BCUT2D eigenvalue weighted by Crippen LogP contribution is 2.26. The van der Waals surface area contributed by atoms with E-state index in [1.807, 2.05) is 0 Å².